The molecule has 8 heteroatoms. The monoisotopic (exact) mass is 443 g/mol. The van der Waals surface area contributed by atoms with Crippen molar-refractivity contribution in [2.45, 2.75) is 6.04 Å². The van der Waals surface area contributed by atoms with Gasteiger partial charge in [0.15, 0.2) is 6.04 Å². The molecule has 0 radical (unpaired) electrons. The van der Waals surface area contributed by atoms with Crippen molar-refractivity contribution in [2.24, 2.45) is 0 Å². The van der Waals surface area contributed by atoms with Gasteiger partial charge in [-0.05, 0) is 54.1 Å². The fraction of sp³-hybridized carbons (Fsp3) is 0.0455. The predicted octanol–water partition coefficient (Wildman–Crippen LogP) is 5.04. The van der Waals surface area contributed by atoms with E-state index in [0.29, 0.717) is 27.0 Å². The van der Waals surface area contributed by atoms with Crippen LogP contribution in [0.25, 0.3) is 6.08 Å². The van der Waals surface area contributed by atoms with Crippen molar-refractivity contribution in [1.82, 2.24) is 10.3 Å². The standard InChI is InChI=1S/C22H16Cl2FN3O2/c23-15-11-16(24)13-18(12-15)27-22(30)21(19-3-1-2-10-26-19)28-20(29)9-6-14-4-7-17(25)8-5-14/h1-13,21H,(H,27,30)(H,28,29)/b9-6+. The van der Waals surface area contributed by atoms with Gasteiger partial charge in [0, 0.05) is 28.0 Å². The van der Waals surface area contributed by atoms with Crippen molar-refractivity contribution in [3.8, 4) is 0 Å². The van der Waals surface area contributed by atoms with Gasteiger partial charge in [0.2, 0.25) is 5.91 Å². The third-order valence-corrected chi connectivity index (χ3v) is 4.40. The van der Waals surface area contributed by atoms with Gasteiger partial charge in [-0.2, -0.15) is 0 Å². The van der Waals surface area contributed by atoms with Crippen LogP contribution in [0.3, 0.4) is 0 Å². The summed E-state index contributed by atoms with van der Waals surface area (Å²) in [5.74, 6) is -1.41. The average molecular weight is 444 g/mol. The minimum absolute atomic E-state index is 0.353. The van der Waals surface area contributed by atoms with Gasteiger partial charge in [0.25, 0.3) is 5.91 Å². The summed E-state index contributed by atoms with van der Waals surface area (Å²) >= 11 is 11.9. The Morgan fingerprint density at radius 3 is 2.33 bits per heavy atom. The predicted molar refractivity (Wildman–Crippen MR) is 116 cm³/mol. The maximum Gasteiger partial charge on any atom is 0.253 e. The highest BCUT2D eigenvalue weighted by atomic mass is 35.5. The minimum atomic E-state index is -1.06. The Bertz CT molecular complexity index is 1050. The molecule has 0 aliphatic heterocycles. The number of carbonyl (C=O) groups excluding carboxylic acids is 2. The van der Waals surface area contributed by atoms with E-state index in [4.69, 9.17) is 23.2 Å². The van der Waals surface area contributed by atoms with E-state index in [1.165, 1.54) is 60.8 Å². The lowest BCUT2D eigenvalue weighted by Gasteiger charge is -2.17. The van der Waals surface area contributed by atoms with E-state index in [9.17, 15) is 14.0 Å². The second-order valence-corrected chi connectivity index (χ2v) is 7.10. The van der Waals surface area contributed by atoms with E-state index in [-0.39, 0.29) is 5.82 Å². The fourth-order valence-electron chi connectivity index (χ4n) is 2.60. The van der Waals surface area contributed by atoms with Crippen LogP contribution in [0.15, 0.2) is 72.9 Å². The lowest BCUT2D eigenvalue weighted by molar-refractivity contribution is -0.124. The molecule has 0 saturated carbocycles. The summed E-state index contributed by atoms with van der Waals surface area (Å²) in [6, 6.07) is 14.2. The normalized spacial score (nSPS) is 11.8. The first-order chi connectivity index (χ1) is 14.4. The van der Waals surface area contributed by atoms with Crippen molar-refractivity contribution in [2.75, 3.05) is 5.32 Å². The summed E-state index contributed by atoms with van der Waals surface area (Å²) in [4.78, 5) is 29.4. The first kappa shape index (κ1) is 21.5. The SMILES string of the molecule is O=C(/C=C/c1ccc(F)cc1)NC(C(=O)Nc1cc(Cl)cc(Cl)c1)c1ccccn1. The molecule has 1 heterocycles. The number of pyridine rings is 1. The van der Waals surface area contributed by atoms with Crippen LogP contribution in [0.1, 0.15) is 17.3 Å². The average Bonchev–Trinajstić information content (AvgIpc) is 2.71. The second-order valence-electron chi connectivity index (χ2n) is 6.23. The molecular formula is C22H16Cl2FN3O2. The molecule has 1 atom stereocenters. The number of benzene rings is 2. The van der Waals surface area contributed by atoms with Crippen LogP contribution < -0.4 is 10.6 Å². The summed E-state index contributed by atoms with van der Waals surface area (Å²) in [6.45, 7) is 0. The molecule has 2 amide bonds. The topological polar surface area (TPSA) is 71.1 Å². The summed E-state index contributed by atoms with van der Waals surface area (Å²) in [5.41, 5.74) is 1.38. The van der Waals surface area contributed by atoms with Gasteiger partial charge in [-0.1, -0.05) is 41.4 Å². The zero-order chi connectivity index (χ0) is 21.5. The van der Waals surface area contributed by atoms with Gasteiger partial charge in [-0.25, -0.2) is 4.39 Å². The van der Waals surface area contributed by atoms with Crippen LogP contribution in [0.5, 0.6) is 0 Å². The number of nitrogens with zero attached hydrogens (tertiary/aromatic N) is 1. The molecule has 3 rings (SSSR count). The molecule has 2 aromatic carbocycles. The van der Waals surface area contributed by atoms with Crippen LogP contribution in [-0.4, -0.2) is 16.8 Å². The van der Waals surface area contributed by atoms with Gasteiger partial charge in [0.1, 0.15) is 5.82 Å². The molecule has 30 heavy (non-hydrogen) atoms. The van der Waals surface area contributed by atoms with E-state index >= 15 is 0 Å². The highest BCUT2D eigenvalue weighted by Crippen LogP contribution is 2.23. The van der Waals surface area contributed by atoms with Crippen molar-refractivity contribution in [3.63, 3.8) is 0 Å². The number of hydrogen-bond donors (Lipinski definition) is 2. The fourth-order valence-corrected chi connectivity index (χ4v) is 3.12. The summed E-state index contributed by atoms with van der Waals surface area (Å²) < 4.78 is 13.0. The largest absolute Gasteiger partial charge is 0.336 e. The van der Waals surface area contributed by atoms with Gasteiger partial charge in [-0.3, -0.25) is 14.6 Å². The Balaban J connectivity index is 1.77. The smallest absolute Gasteiger partial charge is 0.253 e. The van der Waals surface area contributed by atoms with Gasteiger partial charge in [-0.15, -0.1) is 0 Å². The highest BCUT2D eigenvalue weighted by molar-refractivity contribution is 6.35. The van der Waals surface area contributed by atoms with Crippen molar-refractivity contribution >= 4 is 46.8 Å². The Morgan fingerprint density at radius 2 is 1.70 bits per heavy atom. The zero-order valence-electron chi connectivity index (χ0n) is 15.5. The molecule has 0 bridgehead atoms. The van der Waals surface area contributed by atoms with E-state index in [0.717, 1.165) is 0 Å². The number of anilines is 1. The molecule has 3 aromatic rings. The third-order valence-electron chi connectivity index (χ3n) is 3.96. The quantitative estimate of drug-likeness (QED) is 0.524. The Labute approximate surface area is 182 Å². The molecule has 0 aliphatic carbocycles. The van der Waals surface area contributed by atoms with E-state index in [2.05, 4.69) is 15.6 Å². The molecule has 1 aromatic heterocycles. The van der Waals surface area contributed by atoms with Crippen LogP contribution in [-0.2, 0) is 9.59 Å². The number of carbonyl (C=O) groups is 2. The first-order valence-electron chi connectivity index (χ1n) is 8.83. The third kappa shape index (κ3) is 6.14. The lowest BCUT2D eigenvalue weighted by Crippen LogP contribution is -2.36. The van der Waals surface area contributed by atoms with Gasteiger partial charge >= 0.3 is 0 Å². The summed E-state index contributed by atoms with van der Waals surface area (Å²) in [5, 5.41) is 6.02. The maximum absolute atomic E-state index is 13.0. The molecule has 0 aliphatic rings. The summed E-state index contributed by atoms with van der Waals surface area (Å²) in [7, 11) is 0. The minimum Gasteiger partial charge on any atom is -0.336 e. The molecule has 5 nitrogen and oxygen atoms in total. The lowest BCUT2D eigenvalue weighted by atomic mass is 10.1. The molecule has 1 unspecified atom stereocenters. The molecule has 0 saturated heterocycles. The van der Waals surface area contributed by atoms with Gasteiger partial charge < -0.3 is 10.6 Å². The van der Waals surface area contributed by atoms with E-state index in [1.54, 1.807) is 18.2 Å². The Kier molecular flexibility index (Phi) is 7.17. The van der Waals surface area contributed by atoms with Crippen molar-refractivity contribution < 1.29 is 14.0 Å². The number of amides is 2. The molecule has 0 spiro atoms. The van der Waals surface area contributed by atoms with E-state index < -0.39 is 17.9 Å². The van der Waals surface area contributed by atoms with Crippen molar-refractivity contribution in [3.05, 3.63) is 100 Å². The summed E-state index contributed by atoms with van der Waals surface area (Å²) in [6.07, 6.45) is 4.29. The number of halogens is 3. The maximum atomic E-state index is 13.0. The van der Waals surface area contributed by atoms with Crippen LogP contribution in [0.4, 0.5) is 10.1 Å². The van der Waals surface area contributed by atoms with Gasteiger partial charge in [0.05, 0.1) is 5.69 Å². The number of nitrogens with one attached hydrogen (secondary N) is 2. The number of hydrogen-bond acceptors (Lipinski definition) is 3. The molecule has 0 fully saturated rings. The Morgan fingerprint density at radius 1 is 1.00 bits per heavy atom. The van der Waals surface area contributed by atoms with E-state index in [1.807, 2.05) is 0 Å². The first-order valence-corrected chi connectivity index (χ1v) is 9.58. The molecule has 152 valence electrons. The highest BCUT2D eigenvalue weighted by Gasteiger charge is 2.23. The number of rotatable bonds is 6. The van der Waals surface area contributed by atoms with Crippen molar-refractivity contribution in [1.29, 1.82) is 0 Å². The zero-order valence-corrected chi connectivity index (χ0v) is 17.0. The number of aromatic nitrogens is 1. The molecule has 2 N–H and O–H groups in total. The Hall–Kier alpha value is -3.22. The van der Waals surface area contributed by atoms with Crippen LogP contribution in [0.2, 0.25) is 10.0 Å². The molecular weight excluding hydrogens is 428 g/mol. The second kappa shape index (κ2) is 10.0. The van der Waals surface area contributed by atoms with Crippen LogP contribution in [0, 0.1) is 5.82 Å². The van der Waals surface area contributed by atoms with Crippen LogP contribution >= 0.6 is 23.2 Å².